The zero-order chi connectivity index (χ0) is 19.2. The van der Waals surface area contributed by atoms with Crippen molar-refractivity contribution < 1.29 is 24.1 Å². The molecule has 1 aromatic heterocycles. The normalized spacial score (nSPS) is 21.2. The Morgan fingerprint density at radius 1 is 1.44 bits per heavy atom. The Hall–Kier alpha value is -2.46. The fourth-order valence-electron chi connectivity index (χ4n) is 3.89. The minimum Gasteiger partial charge on any atom is -0.363 e. The molecule has 27 heavy (non-hydrogen) atoms. The number of nitrogens with one attached hydrogen (secondary N) is 2. The van der Waals surface area contributed by atoms with Crippen LogP contribution < -0.4 is 10.7 Å². The predicted molar refractivity (Wildman–Crippen MR) is 93.0 cm³/mol. The van der Waals surface area contributed by atoms with Crippen LogP contribution in [0.25, 0.3) is 0 Å². The second kappa shape index (κ2) is 8.96. The van der Waals surface area contributed by atoms with Gasteiger partial charge in [0.1, 0.15) is 12.3 Å². The van der Waals surface area contributed by atoms with E-state index in [4.69, 9.17) is 4.52 Å². The van der Waals surface area contributed by atoms with Crippen molar-refractivity contribution >= 4 is 24.0 Å². The molecule has 1 saturated carbocycles. The molecule has 2 heterocycles. The van der Waals surface area contributed by atoms with Crippen LogP contribution >= 0.6 is 0 Å². The van der Waals surface area contributed by atoms with E-state index in [9.17, 15) is 19.6 Å². The van der Waals surface area contributed by atoms with Gasteiger partial charge in [0.25, 0.3) is 0 Å². The van der Waals surface area contributed by atoms with Crippen LogP contribution in [0.2, 0.25) is 0 Å². The van der Waals surface area contributed by atoms with Gasteiger partial charge in [-0.25, -0.2) is 10.5 Å². The Morgan fingerprint density at radius 2 is 2.22 bits per heavy atom. The Balaban J connectivity index is 1.68. The standard InChI is InChI=1S/C17H25N5O5/c23-11-21(26)10-13(9-12-3-1-2-4-12)17(25)22-14(5-7-18-22)16(24)19-15-6-8-27-20-15/h6,8,11-14,18,26H,1-5,7,9-10H2,(H,19,20,24). The maximum Gasteiger partial charge on any atom is 0.250 e. The predicted octanol–water partition coefficient (Wildman–Crippen LogP) is 0.763. The SMILES string of the molecule is O=CN(O)CC(CC1CCCC1)C(=O)N1NCCC1C(=O)Nc1ccon1. The molecule has 3 rings (SSSR count). The van der Waals surface area contributed by atoms with Crippen LogP contribution in [0.3, 0.4) is 0 Å². The monoisotopic (exact) mass is 379 g/mol. The summed E-state index contributed by atoms with van der Waals surface area (Å²) in [5, 5.41) is 17.7. The zero-order valence-corrected chi connectivity index (χ0v) is 15.0. The molecule has 3 amide bonds. The lowest BCUT2D eigenvalue weighted by molar-refractivity contribution is -0.159. The van der Waals surface area contributed by atoms with Gasteiger partial charge >= 0.3 is 0 Å². The third-order valence-electron chi connectivity index (χ3n) is 5.21. The van der Waals surface area contributed by atoms with E-state index in [2.05, 4.69) is 15.9 Å². The lowest BCUT2D eigenvalue weighted by Gasteiger charge is -2.29. The number of carbonyl (C=O) groups excluding carboxylic acids is 3. The van der Waals surface area contributed by atoms with Gasteiger partial charge < -0.3 is 9.84 Å². The van der Waals surface area contributed by atoms with E-state index in [0.717, 1.165) is 25.7 Å². The molecule has 3 N–H and O–H groups in total. The van der Waals surface area contributed by atoms with Crippen molar-refractivity contribution in [2.75, 3.05) is 18.4 Å². The van der Waals surface area contributed by atoms with E-state index in [0.29, 0.717) is 36.8 Å². The molecular weight excluding hydrogens is 354 g/mol. The number of anilines is 1. The second-order valence-corrected chi connectivity index (χ2v) is 7.11. The molecule has 0 spiro atoms. The van der Waals surface area contributed by atoms with Gasteiger partial charge in [0, 0.05) is 12.6 Å². The van der Waals surface area contributed by atoms with Crippen molar-refractivity contribution in [1.82, 2.24) is 20.7 Å². The van der Waals surface area contributed by atoms with Crippen molar-refractivity contribution in [3.63, 3.8) is 0 Å². The van der Waals surface area contributed by atoms with Crippen LogP contribution in [0.1, 0.15) is 38.5 Å². The Bertz CT molecular complexity index is 646. The third kappa shape index (κ3) is 4.83. The molecule has 10 nitrogen and oxygen atoms in total. The molecule has 148 valence electrons. The first-order valence-electron chi connectivity index (χ1n) is 9.27. The molecule has 10 heteroatoms. The molecule has 0 aromatic carbocycles. The third-order valence-corrected chi connectivity index (χ3v) is 5.21. The van der Waals surface area contributed by atoms with Crippen LogP contribution in [-0.4, -0.2) is 57.8 Å². The summed E-state index contributed by atoms with van der Waals surface area (Å²) < 4.78 is 4.69. The molecule has 0 bridgehead atoms. The molecule has 1 aromatic rings. The highest BCUT2D eigenvalue weighted by Gasteiger charge is 2.39. The topological polar surface area (TPSA) is 128 Å². The van der Waals surface area contributed by atoms with Crippen molar-refractivity contribution in [2.45, 2.75) is 44.6 Å². The number of hydrogen-bond acceptors (Lipinski definition) is 7. The van der Waals surface area contributed by atoms with Gasteiger partial charge in [-0.1, -0.05) is 30.8 Å². The van der Waals surface area contributed by atoms with Crippen molar-refractivity contribution in [3.05, 3.63) is 12.3 Å². The summed E-state index contributed by atoms with van der Waals surface area (Å²) in [5.41, 5.74) is 2.95. The summed E-state index contributed by atoms with van der Waals surface area (Å²) in [4.78, 5) is 36.5. The molecule has 0 radical (unpaired) electrons. The first-order chi connectivity index (χ1) is 13.1. The van der Waals surface area contributed by atoms with Crippen LogP contribution in [0.15, 0.2) is 16.9 Å². The summed E-state index contributed by atoms with van der Waals surface area (Å²) in [6.45, 7) is 0.393. The number of amides is 3. The van der Waals surface area contributed by atoms with Gasteiger partial charge in [0.2, 0.25) is 18.2 Å². The minimum absolute atomic E-state index is 0.0887. The fraction of sp³-hybridized carbons (Fsp3) is 0.647. The molecule has 1 aliphatic carbocycles. The van der Waals surface area contributed by atoms with Crippen LogP contribution in [-0.2, 0) is 14.4 Å². The van der Waals surface area contributed by atoms with E-state index < -0.39 is 12.0 Å². The number of nitrogens with zero attached hydrogens (tertiary/aromatic N) is 3. The number of rotatable bonds is 8. The maximum absolute atomic E-state index is 13.1. The summed E-state index contributed by atoms with van der Waals surface area (Å²) in [7, 11) is 0. The Labute approximate surface area is 156 Å². The number of hydroxylamine groups is 2. The molecule has 1 saturated heterocycles. The van der Waals surface area contributed by atoms with Crippen LogP contribution in [0, 0.1) is 11.8 Å². The highest BCUT2D eigenvalue weighted by molar-refractivity contribution is 5.97. The first-order valence-corrected chi connectivity index (χ1v) is 9.27. The molecule has 1 aliphatic heterocycles. The van der Waals surface area contributed by atoms with E-state index in [-0.39, 0.29) is 24.2 Å². The van der Waals surface area contributed by atoms with E-state index >= 15 is 0 Å². The zero-order valence-electron chi connectivity index (χ0n) is 15.0. The highest BCUT2D eigenvalue weighted by Crippen LogP contribution is 2.31. The number of hydrazine groups is 1. The minimum atomic E-state index is -0.691. The average Bonchev–Trinajstić information content (AvgIpc) is 3.42. The van der Waals surface area contributed by atoms with Crippen molar-refractivity contribution in [1.29, 1.82) is 0 Å². The number of carbonyl (C=O) groups is 3. The van der Waals surface area contributed by atoms with Gasteiger partial charge in [-0.3, -0.25) is 24.6 Å². The molecule has 2 unspecified atom stereocenters. The summed E-state index contributed by atoms with van der Waals surface area (Å²) in [6, 6.07) is 0.826. The summed E-state index contributed by atoms with van der Waals surface area (Å²) in [6.07, 6.45) is 7.03. The van der Waals surface area contributed by atoms with Crippen molar-refractivity contribution in [3.8, 4) is 0 Å². The van der Waals surface area contributed by atoms with Crippen LogP contribution in [0.4, 0.5) is 5.82 Å². The molecular formula is C17H25N5O5. The summed E-state index contributed by atoms with van der Waals surface area (Å²) >= 11 is 0. The van der Waals surface area contributed by atoms with Gasteiger partial charge in [0.05, 0.1) is 12.5 Å². The largest absolute Gasteiger partial charge is 0.363 e. The molecule has 2 fully saturated rings. The first kappa shape index (κ1) is 19.3. The van der Waals surface area contributed by atoms with E-state index in [1.807, 2.05) is 0 Å². The Morgan fingerprint density at radius 3 is 2.89 bits per heavy atom. The van der Waals surface area contributed by atoms with Crippen molar-refractivity contribution in [2.24, 2.45) is 11.8 Å². The smallest absolute Gasteiger partial charge is 0.250 e. The quantitative estimate of drug-likeness (QED) is 0.346. The van der Waals surface area contributed by atoms with Gasteiger partial charge in [-0.05, 0) is 18.8 Å². The summed E-state index contributed by atoms with van der Waals surface area (Å²) in [5.74, 6) is -0.553. The fourth-order valence-corrected chi connectivity index (χ4v) is 3.89. The number of aromatic nitrogens is 1. The van der Waals surface area contributed by atoms with Gasteiger partial charge in [-0.2, -0.15) is 0 Å². The van der Waals surface area contributed by atoms with E-state index in [1.54, 1.807) is 0 Å². The Kier molecular flexibility index (Phi) is 6.40. The van der Waals surface area contributed by atoms with Gasteiger partial charge in [0.15, 0.2) is 5.82 Å². The highest BCUT2D eigenvalue weighted by atomic mass is 16.5. The lowest BCUT2D eigenvalue weighted by Crippen LogP contribution is -2.51. The number of hydrogen-bond donors (Lipinski definition) is 3. The van der Waals surface area contributed by atoms with E-state index in [1.165, 1.54) is 17.3 Å². The average molecular weight is 379 g/mol. The van der Waals surface area contributed by atoms with Gasteiger partial charge in [-0.15, -0.1) is 0 Å². The molecule has 2 aliphatic rings. The second-order valence-electron chi connectivity index (χ2n) is 7.11. The lowest BCUT2D eigenvalue weighted by atomic mass is 9.92. The van der Waals surface area contributed by atoms with Crippen LogP contribution in [0.5, 0.6) is 0 Å². The molecule has 2 atom stereocenters. The maximum atomic E-state index is 13.1.